The predicted octanol–water partition coefficient (Wildman–Crippen LogP) is 1.08. The number of rotatable bonds is 6. The number of furan rings is 1. The molecule has 0 aliphatic rings. The Morgan fingerprint density at radius 3 is 2.77 bits per heavy atom. The fourth-order valence-electron chi connectivity index (χ4n) is 2.53. The standard InChI is InChI=1S/C15H18N6O4S/c1-9-14(10(2)18-17-9)26(23,24)20-12-8-21(3)19-13(12)15(22)16-7-11-5-4-6-25-11/h4-6,8,20H,7H2,1-3H3,(H,16,22)(H,17,18). The van der Waals surface area contributed by atoms with Crippen molar-refractivity contribution in [2.24, 2.45) is 7.05 Å². The molecule has 0 aliphatic carbocycles. The fraction of sp³-hybridized carbons (Fsp3) is 0.267. The van der Waals surface area contributed by atoms with Crippen LogP contribution in [0.4, 0.5) is 5.69 Å². The molecule has 138 valence electrons. The van der Waals surface area contributed by atoms with Crippen molar-refractivity contribution >= 4 is 21.6 Å². The van der Waals surface area contributed by atoms with E-state index < -0.39 is 15.9 Å². The molecule has 0 radical (unpaired) electrons. The first kappa shape index (κ1) is 17.7. The van der Waals surface area contributed by atoms with Gasteiger partial charge < -0.3 is 9.73 Å². The molecular weight excluding hydrogens is 360 g/mol. The number of hydrogen-bond donors (Lipinski definition) is 3. The molecule has 0 unspecified atom stereocenters. The van der Waals surface area contributed by atoms with Gasteiger partial charge in [0.1, 0.15) is 10.7 Å². The van der Waals surface area contributed by atoms with Gasteiger partial charge >= 0.3 is 0 Å². The SMILES string of the molecule is Cc1n[nH]c(C)c1S(=O)(=O)Nc1cn(C)nc1C(=O)NCc1ccco1. The van der Waals surface area contributed by atoms with Crippen molar-refractivity contribution in [2.45, 2.75) is 25.3 Å². The van der Waals surface area contributed by atoms with Crippen molar-refractivity contribution in [1.82, 2.24) is 25.3 Å². The normalized spacial score (nSPS) is 11.5. The lowest BCUT2D eigenvalue weighted by atomic mass is 10.3. The molecule has 0 fully saturated rings. The summed E-state index contributed by atoms with van der Waals surface area (Å²) in [6, 6.07) is 3.42. The van der Waals surface area contributed by atoms with E-state index in [1.54, 1.807) is 33.0 Å². The maximum atomic E-state index is 12.7. The summed E-state index contributed by atoms with van der Waals surface area (Å²) in [5, 5.41) is 13.2. The summed E-state index contributed by atoms with van der Waals surface area (Å²) >= 11 is 0. The van der Waals surface area contributed by atoms with E-state index in [9.17, 15) is 13.2 Å². The molecule has 26 heavy (non-hydrogen) atoms. The number of anilines is 1. The fourth-order valence-corrected chi connectivity index (χ4v) is 3.95. The molecule has 0 saturated carbocycles. The number of aromatic amines is 1. The quantitative estimate of drug-likeness (QED) is 0.587. The molecule has 0 spiro atoms. The lowest BCUT2D eigenvalue weighted by molar-refractivity contribution is 0.0943. The van der Waals surface area contributed by atoms with Crippen LogP contribution in [-0.2, 0) is 23.6 Å². The van der Waals surface area contributed by atoms with Gasteiger partial charge in [-0.25, -0.2) is 8.42 Å². The average Bonchev–Trinajstić information content (AvgIpc) is 3.26. The zero-order valence-electron chi connectivity index (χ0n) is 14.4. The molecule has 0 aliphatic heterocycles. The first-order chi connectivity index (χ1) is 12.3. The molecule has 0 aromatic carbocycles. The molecule has 3 aromatic heterocycles. The topological polar surface area (TPSA) is 135 Å². The minimum absolute atomic E-state index is 0.0403. The molecule has 10 nitrogen and oxygen atoms in total. The summed E-state index contributed by atoms with van der Waals surface area (Å²) in [7, 11) is -2.34. The summed E-state index contributed by atoms with van der Waals surface area (Å²) in [6.45, 7) is 3.35. The van der Waals surface area contributed by atoms with Crippen LogP contribution in [0.15, 0.2) is 33.9 Å². The van der Waals surface area contributed by atoms with E-state index in [4.69, 9.17) is 4.42 Å². The molecule has 1 amide bonds. The van der Waals surface area contributed by atoms with Crippen LogP contribution in [0, 0.1) is 13.8 Å². The Balaban J connectivity index is 1.84. The minimum atomic E-state index is -3.93. The second-order valence-corrected chi connectivity index (χ2v) is 7.31. The number of aryl methyl sites for hydroxylation is 3. The van der Waals surface area contributed by atoms with E-state index in [0.717, 1.165) is 0 Å². The summed E-state index contributed by atoms with van der Waals surface area (Å²) in [4.78, 5) is 12.4. The molecule has 3 aromatic rings. The van der Waals surface area contributed by atoms with Crippen LogP contribution in [-0.4, -0.2) is 34.3 Å². The van der Waals surface area contributed by atoms with Gasteiger partial charge in [-0.15, -0.1) is 0 Å². The monoisotopic (exact) mass is 378 g/mol. The smallest absolute Gasteiger partial charge is 0.274 e. The lowest BCUT2D eigenvalue weighted by Crippen LogP contribution is -2.25. The third-order valence-corrected chi connectivity index (χ3v) is 5.25. The molecule has 3 heterocycles. The van der Waals surface area contributed by atoms with Gasteiger partial charge in [-0.1, -0.05) is 0 Å². The predicted molar refractivity (Wildman–Crippen MR) is 92.0 cm³/mol. The number of amides is 1. The summed E-state index contributed by atoms with van der Waals surface area (Å²) < 4.78 is 34.3. The van der Waals surface area contributed by atoms with Crippen molar-refractivity contribution in [3.8, 4) is 0 Å². The highest BCUT2D eigenvalue weighted by atomic mass is 32.2. The second kappa shape index (κ2) is 6.67. The van der Waals surface area contributed by atoms with Crippen LogP contribution in [0.5, 0.6) is 0 Å². The zero-order valence-corrected chi connectivity index (χ0v) is 15.2. The number of hydrogen-bond acceptors (Lipinski definition) is 6. The van der Waals surface area contributed by atoms with Crippen LogP contribution in [0.2, 0.25) is 0 Å². The van der Waals surface area contributed by atoms with Gasteiger partial charge in [-0.05, 0) is 26.0 Å². The Kier molecular flexibility index (Phi) is 4.55. The van der Waals surface area contributed by atoms with Gasteiger partial charge in [0.05, 0.1) is 29.9 Å². The van der Waals surface area contributed by atoms with Crippen LogP contribution < -0.4 is 10.0 Å². The maximum absolute atomic E-state index is 12.7. The van der Waals surface area contributed by atoms with Crippen LogP contribution >= 0.6 is 0 Å². The summed E-state index contributed by atoms with van der Waals surface area (Å²) in [6.07, 6.45) is 2.92. The number of nitrogens with one attached hydrogen (secondary N) is 3. The zero-order chi connectivity index (χ0) is 18.9. The Bertz CT molecular complexity index is 1010. The van der Waals surface area contributed by atoms with Crippen LogP contribution in [0.3, 0.4) is 0 Å². The van der Waals surface area contributed by atoms with Gasteiger partial charge in [0, 0.05) is 13.2 Å². The molecular formula is C15H18N6O4S. The first-order valence-electron chi connectivity index (χ1n) is 7.66. The maximum Gasteiger partial charge on any atom is 0.274 e. The molecule has 11 heteroatoms. The van der Waals surface area contributed by atoms with Gasteiger partial charge in [0.2, 0.25) is 0 Å². The van der Waals surface area contributed by atoms with Gasteiger partial charge in [-0.2, -0.15) is 10.2 Å². The summed E-state index contributed by atoms with van der Waals surface area (Å²) in [5.74, 6) is 0.0430. The van der Waals surface area contributed by atoms with E-state index >= 15 is 0 Å². The third-order valence-electron chi connectivity index (χ3n) is 3.62. The molecule has 3 N–H and O–H groups in total. The van der Waals surface area contributed by atoms with E-state index in [1.165, 1.54) is 17.1 Å². The number of sulfonamides is 1. The molecule has 0 bridgehead atoms. The minimum Gasteiger partial charge on any atom is -0.467 e. The van der Waals surface area contributed by atoms with E-state index in [1.807, 2.05) is 0 Å². The largest absolute Gasteiger partial charge is 0.467 e. The van der Waals surface area contributed by atoms with Crippen molar-refractivity contribution in [3.63, 3.8) is 0 Å². The summed E-state index contributed by atoms with van der Waals surface area (Å²) in [5.41, 5.74) is 0.774. The van der Waals surface area contributed by atoms with Crippen LogP contribution in [0.1, 0.15) is 27.6 Å². The van der Waals surface area contributed by atoms with Crippen LogP contribution in [0.25, 0.3) is 0 Å². The van der Waals surface area contributed by atoms with E-state index in [-0.39, 0.29) is 22.8 Å². The highest BCUT2D eigenvalue weighted by molar-refractivity contribution is 7.92. The number of carbonyl (C=O) groups is 1. The second-order valence-electron chi connectivity index (χ2n) is 5.70. The molecule has 0 atom stereocenters. The number of nitrogens with zero attached hydrogens (tertiary/aromatic N) is 3. The van der Waals surface area contributed by atoms with Gasteiger partial charge in [-0.3, -0.25) is 19.3 Å². The number of H-pyrrole nitrogens is 1. The Morgan fingerprint density at radius 1 is 1.38 bits per heavy atom. The molecule has 0 saturated heterocycles. The highest BCUT2D eigenvalue weighted by Crippen LogP contribution is 2.22. The highest BCUT2D eigenvalue weighted by Gasteiger charge is 2.26. The van der Waals surface area contributed by atoms with Crippen molar-refractivity contribution < 1.29 is 17.6 Å². The van der Waals surface area contributed by atoms with E-state index in [2.05, 4.69) is 25.3 Å². The molecule has 3 rings (SSSR count). The van der Waals surface area contributed by atoms with Crippen molar-refractivity contribution in [3.05, 3.63) is 47.4 Å². The Morgan fingerprint density at radius 2 is 2.15 bits per heavy atom. The Hall–Kier alpha value is -3.08. The third kappa shape index (κ3) is 3.47. The van der Waals surface area contributed by atoms with E-state index in [0.29, 0.717) is 17.1 Å². The number of aromatic nitrogens is 4. The van der Waals surface area contributed by atoms with Gasteiger partial charge in [0.15, 0.2) is 5.69 Å². The average molecular weight is 378 g/mol. The first-order valence-corrected chi connectivity index (χ1v) is 9.15. The Labute approximate surface area is 149 Å². The van der Waals surface area contributed by atoms with Crippen molar-refractivity contribution in [2.75, 3.05) is 4.72 Å². The van der Waals surface area contributed by atoms with Crippen molar-refractivity contribution in [1.29, 1.82) is 0 Å². The number of carbonyl (C=O) groups excluding carboxylic acids is 1. The lowest BCUT2D eigenvalue weighted by Gasteiger charge is -2.08. The van der Waals surface area contributed by atoms with Gasteiger partial charge in [0.25, 0.3) is 15.9 Å².